The molecule has 2 N–H and O–H groups in total. The number of hydrogen-bond acceptors (Lipinski definition) is 7. The Morgan fingerprint density at radius 1 is 1.11 bits per heavy atom. The van der Waals surface area contributed by atoms with E-state index in [0.717, 1.165) is 21.7 Å². The zero-order valence-electron chi connectivity index (χ0n) is 14.3. The van der Waals surface area contributed by atoms with Crippen LogP contribution in [0.5, 0.6) is 0 Å². The molecule has 4 heterocycles. The van der Waals surface area contributed by atoms with Crippen molar-refractivity contribution in [1.82, 2.24) is 24.7 Å². The van der Waals surface area contributed by atoms with Crippen LogP contribution >= 0.6 is 11.3 Å². The lowest BCUT2D eigenvalue weighted by Crippen LogP contribution is -1.94. The average molecular weight is 374 g/mol. The maximum absolute atomic E-state index is 5.99. The predicted octanol–water partition coefficient (Wildman–Crippen LogP) is 4.07. The fraction of sp³-hybridized carbons (Fsp3) is 0.0526. The Hall–Kier alpha value is -3.52. The third kappa shape index (κ3) is 2.49. The molecule has 0 aliphatic rings. The van der Waals surface area contributed by atoms with Gasteiger partial charge < -0.3 is 10.3 Å². The quantitative estimate of drug-likeness (QED) is 0.478. The van der Waals surface area contributed by atoms with Gasteiger partial charge >= 0.3 is 0 Å². The SMILES string of the molecule is Cc1c(N)cccc1-c1noc(-c2cnn3c(-c4cccs4)ccnc23)n1. The molecule has 0 spiro atoms. The highest BCUT2D eigenvalue weighted by Gasteiger charge is 2.19. The van der Waals surface area contributed by atoms with E-state index in [1.54, 1.807) is 28.2 Å². The number of nitrogens with zero attached hydrogens (tertiary/aromatic N) is 5. The summed E-state index contributed by atoms with van der Waals surface area (Å²) >= 11 is 1.65. The summed E-state index contributed by atoms with van der Waals surface area (Å²) in [5.74, 6) is 0.862. The van der Waals surface area contributed by atoms with Crippen LogP contribution in [0.1, 0.15) is 5.56 Å². The smallest absolute Gasteiger partial charge is 0.263 e. The number of anilines is 1. The number of nitrogen functional groups attached to an aromatic ring is 1. The standard InChI is InChI=1S/C19H14N6OS/c1-11-12(4-2-5-14(11)20)17-23-19(26-24-17)13-10-22-25-15(7-8-21-18(13)25)16-6-3-9-27-16/h2-10H,20H2,1H3. The van der Waals surface area contributed by atoms with Crippen LogP contribution in [0, 0.1) is 6.92 Å². The van der Waals surface area contributed by atoms with Gasteiger partial charge in [0.05, 0.1) is 16.8 Å². The van der Waals surface area contributed by atoms with Crippen molar-refractivity contribution < 1.29 is 4.52 Å². The number of thiophene rings is 1. The van der Waals surface area contributed by atoms with E-state index in [0.29, 0.717) is 28.6 Å². The first kappa shape index (κ1) is 15.7. The van der Waals surface area contributed by atoms with E-state index < -0.39 is 0 Å². The second kappa shape index (κ2) is 6.03. The lowest BCUT2D eigenvalue weighted by atomic mass is 10.1. The van der Waals surface area contributed by atoms with Gasteiger partial charge in [-0.05, 0) is 36.1 Å². The fourth-order valence-electron chi connectivity index (χ4n) is 2.99. The molecule has 7 nitrogen and oxygen atoms in total. The van der Waals surface area contributed by atoms with E-state index in [9.17, 15) is 0 Å². The number of aromatic nitrogens is 5. The van der Waals surface area contributed by atoms with Gasteiger partial charge in [-0.2, -0.15) is 10.1 Å². The molecule has 0 radical (unpaired) electrons. The molecule has 0 unspecified atom stereocenters. The molecule has 132 valence electrons. The Balaban J connectivity index is 1.62. The zero-order chi connectivity index (χ0) is 18.4. The molecule has 27 heavy (non-hydrogen) atoms. The topological polar surface area (TPSA) is 95.1 Å². The van der Waals surface area contributed by atoms with E-state index >= 15 is 0 Å². The summed E-state index contributed by atoms with van der Waals surface area (Å²) in [6.45, 7) is 1.94. The van der Waals surface area contributed by atoms with Crippen molar-refractivity contribution in [2.75, 3.05) is 5.73 Å². The monoisotopic (exact) mass is 374 g/mol. The number of fused-ring (bicyclic) bond motifs is 1. The first-order chi connectivity index (χ1) is 13.2. The van der Waals surface area contributed by atoms with E-state index in [2.05, 4.69) is 20.2 Å². The lowest BCUT2D eigenvalue weighted by Gasteiger charge is -2.03. The van der Waals surface area contributed by atoms with Crippen LogP contribution in [-0.2, 0) is 0 Å². The second-order valence-electron chi connectivity index (χ2n) is 6.04. The average Bonchev–Trinajstić information content (AvgIpc) is 3.43. The molecule has 0 aliphatic carbocycles. The Bertz CT molecular complexity index is 1250. The third-order valence-corrected chi connectivity index (χ3v) is 5.34. The highest BCUT2D eigenvalue weighted by Crippen LogP contribution is 2.30. The van der Waals surface area contributed by atoms with Crippen molar-refractivity contribution in [3.05, 3.63) is 59.7 Å². The van der Waals surface area contributed by atoms with Crippen LogP contribution in [0.3, 0.4) is 0 Å². The van der Waals surface area contributed by atoms with Crippen molar-refractivity contribution in [2.24, 2.45) is 0 Å². The van der Waals surface area contributed by atoms with Crippen LogP contribution < -0.4 is 5.73 Å². The van der Waals surface area contributed by atoms with E-state index in [-0.39, 0.29) is 0 Å². The minimum Gasteiger partial charge on any atom is -0.398 e. The molecule has 8 heteroatoms. The van der Waals surface area contributed by atoms with Crippen molar-refractivity contribution in [1.29, 1.82) is 0 Å². The van der Waals surface area contributed by atoms with Crippen LogP contribution in [0.25, 0.3) is 39.1 Å². The van der Waals surface area contributed by atoms with Crippen molar-refractivity contribution in [3.63, 3.8) is 0 Å². The first-order valence-electron chi connectivity index (χ1n) is 8.28. The number of benzene rings is 1. The highest BCUT2D eigenvalue weighted by molar-refractivity contribution is 7.13. The minimum absolute atomic E-state index is 0.373. The maximum atomic E-state index is 5.99. The number of hydrogen-bond donors (Lipinski definition) is 1. The molecular formula is C19H14N6OS. The number of nitrogens with two attached hydrogens (primary N) is 1. The van der Waals surface area contributed by atoms with Gasteiger partial charge in [0.1, 0.15) is 5.56 Å². The molecular weight excluding hydrogens is 360 g/mol. The molecule has 0 fully saturated rings. The van der Waals surface area contributed by atoms with Gasteiger partial charge in [-0.3, -0.25) is 0 Å². The maximum Gasteiger partial charge on any atom is 0.263 e. The lowest BCUT2D eigenvalue weighted by molar-refractivity contribution is 0.432. The Kier molecular flexibility index (Phi) is 3.51. The van der Waals surface area contributed by atoms with Crippen molar-refractivity contribution in [2.45, 2.75) is 6.92 Å². The molecule has 0 atom stereocenters. The molecule has 5 rings (SSSR count). The molecule has 0 amide bonds. The summed E-state index contributed by atoms with van der Waals surface area (Å²) in [6, 6.07) is 11.6. The van der Waals surface area contributed by atoms with E-state index in [4.69, 9.17) is 10.3 Å². The van der Waals surface area contributed by atoms with Gasteiger partial charge in [-0.1, -0.05) is 23.4 Å². The molecule has 0 aliphatic heterocycles. The van der Waals surface area contributed by atoms with Crippen molar-refractivity contribution >= 4 is 22.7 Å². The summed E-state index contributed by atoms with van der Waals surface area (Å²) in [5, 5.41) is 10.6. The third-order valence-electron chi connectivity index (χ3n) is 4.45. The molecule has 4 aromatic heterocycles. The molecule has 5 aromatic rings. The van der Waals surface area contributed by atoms with Gasteiger partial charge in [0, 0.05) is 17.4 Å². The molecule has 0 saturated heterocycles. The normalized spacial score (nSPS) is 11.3. The molecule has 0 saturated carbocycles. The van der Waals surface area contributed by atoms with Gasteiger partial charge in [-0.25, -0.2) is 9.50 Å². The van der Waals surface area contributed by atoms with Gasteiger partial charge in [0.2, 0.25) is 5.82 Å². The van der Waals surface area contributed by atoms with Crippen LogP contribution in [0.15, 0.2) is 58.7 Å². The number of rotatable bonds is 3. The first-order valence-corrected chi connectivity index (χ1v) is 9.16. The van der Waals surface area contributed by atoms with Crippen molar-refractivity contribution in [3.8, 4) is 33.4 Å². The Morgan fingerprint density at radius 3 is 2.89 bits per heavy atom. The summed E-state index contributed by atoms with van der Waals surface area (Å²) in [4.78, 5) is 10.1. The van der Waals surface area contributed by atoms with Gasteiger partial charge in [0.25, 0.3) is 5.89 Å². The minimum atomic E-state index is 0.373. The van der Waals surface area contributed by atoms with E-state index in [1.165, 1.54) is 0 Å². The Morgan fingerprint density at radius 2 is 2.04 bits per heavy atom. The molecule has 0 bridgehead atoms. The summed E-state index contributed by atoms with van der Waals surface area (Å²) in [6.07, 6.45) is 3.46. The molecule has 1 aromatic carbocycles. The van der Waals surface area contributed by atoms with Gasteiger partial charge in [0.15, 0.2) is 5.65 Å². The highest BCUT2D eigenvalue weighted by atomic mass is 32.1. The Labute approximate surface area is 158 Å². The van der Waals surface area contributed by atoms with Crippen LogP contribution in [0.2, 0.25) is 0 Å². The van der Waals surface area contributed by atoms with Crippen LogP contribution in [-0.4, -0.2) is 24.7 Å². The zero-order valence-corrected chi connectivity index (χ0v) is 15.1. The largest absolute Gasteiger partial charge is 0.398 e. The second-order valence-corrected chi connectivity index (χ2v) is 6.99. The predicted molar refractivity (Wildman–Crippen MR) is 104 cm³/mol. The van der Waals surface area contributed by atoms with E-state index in [1.807, 2.05) is 48.7 Å². The van der Waals surface area contributed by atoms with Gasteiger partial charge in [-0.15, -0.1) is 11.3 Å². The summed E-state index contributed by atoms with van der Waals surface area (Å²) < 4.78 is 7.29. The summed E-state index contributed by atoms with van der Waals surface area (Å²) in [5.41, 5.74) is 10.8. The fourth-order valence-corrected chi connectivity index (χ4v) is 3.73. The summed E-state index contributed by atoms with van der Waals surface area (Å²) in [7, 11) is 0. The van der Waals surface area contributed by atoms with Crippen LogP contribution in [0.4, 0.5) is 5.69 Å².